The maximum absolute atomic E-state index is 5.92. The summed E-state index contributed by atoms with van der Waals surface area (Å²) in [5.41, 5.74) is 5.92. The zero-order valence-corrected chi connectivity index (χ0v) is 12.2. The predicted octanol–water partition coefficient (Wildman–Crippen LogP) is 2.64. The molecular weight excluding hydrogens is 212 g/mol. The van der Waals surface area contributed by atoms with E-state index >= 15 is 0 Å². The molecule has 0 aromatic heterocycles. The third kappa shape index (κ3) is 7.02. The molecule has 0 bridgehead atoms. The normalized spacial score (nSPS) is 15.2. The van der Waals surface area contributed by atoms with Crippen LogP contribution in [-0.4, -0.2) is 43.8 Å². The molecule has 104 valence electrons. The second-order valence-electron chi connectivity index (χ2n) is 4.87. The Morgan fingerprint density at radius 1 is 1.18 bits per heavy atom. The van der Waals surface area contributed by atoms with Crippen molar-refractivity contribution in [3.8, 4) is 0 Å². The standard InChI is InChI=1S/C14H32N2O/c1-5-7-8-9-10-14(11-15)16(6-2)13(3)12-17-4/h13-14H,5-12,15H2,1-4H3. The molecule has 2 N–H and O–H groups in total. The van der Waals surface area contributed by atoms with Gasteiger partial charge < -0.3 is 10.5 Å². The molecule has 0 aromatic rings. The summed E-state index contributed by atoms with van der Waals surface area (Å²) in [5.74, 6) is 0. The highest BCUT2D eigenvalue weighted by atomic mass is 16.5. The van der Waals surface area contributed by atoms with Gasteiger partial charge in [-0.05, 0) is 19.9 Å². The Morgan fingerprint density at radius 2 is 1.88 bits per heavy atom. The molecule has 0 saturated heterocycles. The van der Waals surface area contributed by atoms with Crippen molar-refractivity contribution in [1.29, 1.82) is 0 Å². The molecule has 0 heterocycles. The molecule has 3 nitrogen and oxygen atoms in total. The van der Waals surface area contributed by atoms with Crippen LogP contribution >= 0.6 is 0 Å². The van der Waals surface area contributed by atoms with Crippen molar-refractivity contribution in [3.63, 3.8) is 0 Å². The minimum absolute atomic E-state index is 0.463. The van der Waals surface area contributed by atoms with Crippen LogP contribution in [0, 0.1) is 0 Å². The quantitative estimate of drug-likeness (QED) is 0.568. The van der Waals surface area contributed by atoms with E-state index in [-0.39, 0.29) is 0 Å². The largest absolute Gasteiger partial charge is 0.383 e. The van der Waals surface area contributed by atoms with Crippen molar-refractivity contribution in [2.75, 3.05) is 26.8 Å². The van der Waals surface area contributed by atoms with E-state index in [1.54, 1.807) is 7.11 Å². The minimum atomic E-state index is 0.463. The average molecular weight is 244 g/mol. The van der Waals surface area contributed by atoms with Crippen molar-refractivity contribution in [1.82, 2.24) is 4.90 Å². The number of nitrogens with zero attached hydrogens (tertiary/aromatic N) is 1. The maximum Gasteiger partial charge on any atom is 0.0615 e. The first-order valence-electron chi connectivity index (χ1n) is 7.15. The fourth-order valence-electron chi connectivity index (χ4n) is 2.49. The van der Waals surface area contributed by atoms with Gasteiger partial charge in [0.2, 0.25) is 0 Å². The Kier molecular flexibility index (Phi) is 10.9. The van der Waals surface area contributed by atoms with Gasteiger partial charge in [-0.1, -0.05) is 39.5 Å². The van der Waals surface area contributed by atoms with E-state index in [0.717, 1.165) is 19.7 Å². The van der Waals surface area contributed by atoms with Crippen LogP contribution in [-0.2, 0) is 4.74 Å². The zero-order chi connectivity index (χ0) is 13.1. The number of hydrogen-bond donors (Lipinski definition) is 1. The van der Waals surface area contributed by atoms with Crippen molar-refractivity contribution < 1.29 is 4.74 Å². The number of rotatable bonds is 11. The molecule has 0 aliphatic heterocycles. The molecule has 0 rings (SSSR count). The van der Waals surface area contributed by atoms with Crippen LogP contribution < -0.4 is 5.73 Å². The molecule has 0 saturated carbocycles. The molecule has 2 unspecified atom stereocenters. The molecule has 0 aromatic carbocycles. The molecule has 0 aliphatic rings. The second-order valence-corrected chi connectivity index (χ2v) is 4.87. The second kappa shape index (κ2) is 11.0. The summed E-state index contributed by atoms with van der Waals surface area (Å²) < 4.78 is 5.24. The van der Waals surface area contributed by atoms with E-state index in [9.17, 15) is 0 Å². The minimum Gasteiger partial charge on any atom is -0.383 e. The van der Waals surface area contributed by atoms with Gasteiger partial charge in [-0.3, -0.25) is 4.90 Å². The highest BCUT2D eigenvalue weighted by molar-refractivity contribution is 4.76. The van der Waals surface area contributed by atoms with Crippen LogP contribution in [0.25, 0.3) is 0 Å². The van der Waals surface area contributed by atoms with Crippen LogP contribution in [0.5, 0.6) is 0 Å². The molecule has 0 radical (unpaired) electrons. The number of nitrogens with two attached hydrogens (primary N) is 1. The number of ether oxygens (including phenoxy) is 1. The van der Waals surface area contributed by atoms with E-state index < -0.39 is 0 Å². The molecule has 0 spiro atoms. The van der Waals surface area contributed by atoms with E-state index in [0.29, 0.717) is 12.1 Å². The van der Waals surface area contributed by atoms with Gasteiger partial charge in [0.1, 0.15) is 0 Å². The molecule has 0 fully saturated rings. The Labute approximate surface area is 108 Å². The van der Waals surface area contributed by atoms with Crippen molar-refractivity contribution >= 4 is 0 Å². The smallest absolute Gasteiger partial charge is 0.0615 e. The number of unbranched alkanes of at least 4 members (excludes halogenated alkanes) is 3. The lowest BCUT2D eigenvalue weighted by Gasteiger charge is -2.35. The first-order chi connectivity index (χ1) is 8.21. The molecule has 0 aliphatic carbocycles. The highest BCUT2D eigenvalue weighted by Crippen LogP contribution is 2.13. The first kappa shape index (κ1) is 16.9. The van der Waals surface area contributed by atoms with Gasteiger partial charge in [-0.15, -0.1) is 0 Å². The lowest BCUT2D eigenvalue weighted by atomic mass is 10.0. The molecule has 0 amide bonds. The summed E-state index contributed by atoms with van der Waals surface area (Å²) in [6, 6.07) is 0.978. The lowest BCUT2D eigenvalue weighted by Crippen LogP contribution is -2.47. The first-order valence-corrected chi connectivity index (χ1v) is 7.15. The highest BCUT2D eigenvalue weighted by Gasteiger charge is 2.20. The summed E-state index contributed by atoms with van der Waals surface area (Å²) >= 11 is 0. The lowest BCUT2D eigenvalue weighted by molar-refractivity contribution is 0.0716. The Balaban J connectivity index is 4.08. The van der Waals surface area contributed by atoms with Gasteiger partial charge in [0, 0.05) is 25.7 Å². The van der Waals surface area contributed by atoms with E-state index in [2.05, 4.69) is 25.7 Å². The fourth-order valence-corrected chi connectivity index (χ4v) is 2.49. The number of methoxy groups -OCH3 is 1. The zero-order valence-electron chi connectivity index (χ0n) is 12.2. The number of hydrogen-bond acceptors (Lipinski definition) is 3. The van der Waals surface area contributed by atoms with Crippen LogP contribution in [0.1, 0.15) is 52.9 Å². The fraction of sp³-hybridized carbons (Fsp3) is 1.00. The summed E-state index contributed by atoms with van der Waals surface area (Å²) in [4.78, 5) is 2.48. The van der Waals surface area contributed by atoms with Gasteiger partial charge in [0.05, 0.1) is 6.61 Å². The average Bonchev–Trinajstić information content (AvgIpc) is 2.33. The summed E-state index contributed by atoms with van der Waals surface area (Å²) in [6.07, 6.45) is 6.50. The van der Waals surface area contributed by atoms with Crippen LogP contribution in [0.2, 0.25) is 0 Å². The Hall–Kier alpha value is -0.120. The van der Waals surface area contributed by atoms with Crippen LogP contribution in [0.3, 0.4) is 0 Å². The topological polar surface area (TPSA) is 38.5 Å². The number of likely N-dealkylation sites (N-methyl/N-ethyl adjacent to an activating group) is 1. The van der Waals surface area contributed by atoms with Gasteiger partial charge in [-0.2, -0.15) is 0 Å². The Bertz CT molecular complexity index is 164. The van der Waals surface area contributed by atoms with Gasteiger partial charge >= 0.3 is 0 Å². The van der Waals surface area contributed by atoms with Gasteiger partial charge in [0.15, 0.2) is 0 Å². The molecular formula is C14H32N2O. The SMILES string of the molecule is CCCCCCC(CN)N(CC)C(C)COC. The van der Waals surface area contributed by atoms with Crippen molar-refractivity contribution in [2.45, 2.75) is 65.0 Å². The summed E-state index contributed by atoms with van der Waals surface area (Å²) in [5, 5.41) is 0. The van der Waals surface area contributed by atoms with Crippen LogP contribution in [0.15, 0.2) is 0 Å². The summed E-state index contributed by atoms with van der Waals surface area (Å²) in [7, 11) is 1.77. The molecule has 3 heteroatoms. The molecule has 17 heavy (non-hydrogen) atoms. The van der Waals surface area contributed by atoms with E-state index in [1.165, 1.54) is 32.1 Å². The maximum atomic E-state index is 5.92. The Morgan fingerprint density at radius 3 is 2.35 bits per heavy atom. The van der Waals surface area contributed by atoms with Crippen LogP contribution in [0.4, 0.5) is 0 Å². The van der Waals surface area contributed by atoms with Gasteiger partial charge in [0.25, 0.3) is 0 Å². The third-order valence-corrected chi connectivity index (χ3v) is 3.47. The van der Waals surface area contributed by atoms with Crippen molar-refractivity contribution in [3.05, 3.63) is 0 Å². The monoisotopic (exact) mass is 244 g/mol. The van der Waals surface area contributed by atoms with E-state index in [1.807, 2.05) is 0 Å². The van der Waals surface area contributed by atoms with Crippen molar-refractivity contribution in [2.24, 2.45) is 5.73 Å². The molecule has 2 atom stereocenters. The summed E-state index contributed by atoms with van der Waals surface area (Å²) in [6.45, 7) is 9.29. The van der Waals surface area contributed by atoms with Gasteiger partial charge in [-0.25, -0.2) is 0 Å². The predicted molar refractivity (Wildman–Crippen MR) is 75.3 cm³/mol. The van der Waals surface area contributed by atoms with E-state index in [4.69, 9.17) is 10.5 Å². The third-order valence-electron chi connectivity index (χ3n) is 3.47.